The molecule has 1 heterocycles. The van der Waals surface area contributed by atoms with Crippen molar-refractivity contribution in [2.24, 2.45) is 16.8 Å². The molecule has 4 atom stereocenters. The van der Waals surface area contributed by atoms with Crippen LogP contribution < -0.4 is 16.1 Å². The van der Waals surface area contributed by atoms with Crippen LogP contribution in [-0.4, -0.2) is 54.9 Å². The minimum absolute atomic E-state index is 0.0305. The maximum Gasteiger partial charge on any atom is 0.410 e. The Bertz CT molecular complexity index is 1070. The first-order valence-corrected chi connectivity index (χ1v) is 15.6. The van der Waals surface area contributed by atoms with E-state index in [4.69, 9.17) is 16.0 Å². The molecule has 8 nitrogen and oxygen atoms in total. The average Bonchev–Trinajstić information content (AvgIpc) is 3.17. The molecule has 1 aliphatic heterocycles. The van der Waals surface area contributed by atoms with E-state index < -0.39 is 19.0 Å². The quantitative estimate of drug-likeness (QED) is 0.123. The number of hydrogen-bond donors (Lipinski definition) is 2. The van der Waals surface area contributed by atoms with Crippen molar-refractivity contribution in [3.05, 3.63) is 71.1 Å². The number of hydrogen-bond acceptors (Lipinski definition) is 5. The lowest BCUT2D eigenvalue weighted by Crippen LogP contribution is -2.66. The number of ether oxygens (including phenoxy) is 1. The summed E-state index contributed by atoms with van der Waals surface area (Å²) in [6.07, 6.45) is 2.47. The smallest absolute Gasteiger partial charge is 0.410 e. The Hall–Kier alpha value is -2.84. The Kier molecular flexibility index (Phi) is 9.65. The van der Waals surface area contributed by atoms with Gasteiger partial charge in [0.2, 0.25) is 0 Å². The minimum atomic E-state index is -3.23. The second-order valence-electron chi connectivity index (χ2n) is 11.3. The van der Waals surface area contributed by atoms with E-state index in [0.717, 1.165) is 16.8 Å². The lowest BCUT2D eigenvalue weighted by molar-refractivity contribution is -0.0171. The van der Waals surface area contributed by atoms with Crippen LogP contribution in [0.5, 0.6) is 0 Å². The summed E-state index contributed by atoms with van der Waals surface area (Å²) < 4.78 is 6.20. The molecule has 3 rings (SSSR count). The molecule has 1 amide bonds. The van der Waals surface area contributed by atoms with Crippen molar-refractivity contribution in [1.29, 1.82) is 0 Å². The van der Waals surface area contributed by atoms with Crippen LogP contribution in [-0.2, 0) is 4.74 Å². The van der Waals surface area contributed by atoms with Crippen molar-refractivity contribution in [3.63, 3.8) is 0 Å². The van der Waals surface area contributed by atoms with Gasteiger partial charge in [0.1, 0.15) is 5.60 Å². The van der Waals surface area contributed by atoms with Crippen LogP contribution in [0.2, 0.25) is 5.04 Å². The van der Waals surface area contributed by atoms with Crippen LogP contribution in [0, 0.1) is 5.92 Å². The number of cyclic esters (lactones) is 1. The van der Waals surface area contributed by atoms with E-state index in [2.05, 4.69) is 30.8 Å². The molecule has 0 unspecified atom stereocenters. The third-order valence-electron chi connectivity index (χ3n) is 8.36. The highest BCUT2D eigenvalue weighted by Gasteiger charge is 2.59. The Morgan fingerprint density at radius 1 is 1.16 bits per heavy atom. The topological polar surface area (TPSA) is 125 Å². The van der Waals surface area contributed by atoms with Crippen molar-refractivity contribution in [1.82, 2.24) is 4.90 Å². The van der Waals surface area contributed by atoms with Gasteiger partial charge in [0, 0.05) is 30.0 Å². The van der Waals surface area contributed by atoms with Gasteiger partial charge >= 0.3 is 6.09 Å². The summed E-state index contributed by atoms with van der Waals surface area (Å²) in [5.74, 6) is -0.0305. The van der Waals surface area contributed by atoms with Crippen LogP contribution >= 0.6 is 0 Å². The van der Waals surface area contributed by atoms with Crippen molar-refractivity contribution in [2.75, 3.05) is 13.1 Å². The van der Waals surface area contributed by atoms with Crippen LogP contribution in [0.15, 0.2) is 65.8 Å². The summed E-state index contributed by atoms with van der Waals surface area (Å²) >= 11 is 0. The average molecular weight is 538 g/mol. The standard InChI is InChI=1S/C29H43N5O3Si/c1-6-23(29(5)26(22(2)30)34(27(35)37-29)20-14-13-19-32-33-31)21-28(3,4)38(36,24-15-9-7-10-16-24)25-17-11-8-12-18-25/h7-12,15-18,22-23,26,36H,6,13-14,19-21,30H2,1-5H3/t22-,23-,26+,29+/m0/s1. The van der Waals surface area contributed by atoms with Crippen molar-refractivity contribution in [3.8, 4) is 0 Å². The lowest BCUT2D eigenvalue weighted by atomic mass is 9.74. The predicted octanol–water partition coefficient (Wildman–Crippen LogP) is 4.95. The molecule has 1 saturated heterocycles. The van der Waals surface area contributed by atoms with Crippen molar-refractivity contribution in [2.45, 2.75) is 83.0 Å². The van der Waals surface area contributed by atoms with Crippen molar-refractivity contribution >= 4 is 24.8 Å². The second-order valence-corrected chi connectivity index (χ2v) is 15.3. The summed E-state index contributed by atoms with van der Waals surface area (Å²) in [5, 5.41) is 5.03. The van der Waals surface area contributed by atoms with E-state index in [0.29, 0.717) is 32.4 Å². The number of rotatable bonds is 13. The molecule has 3 N–H and O–H groups in total. The summed E-state index contributed by atoms with van der Waals surface area (Å²) in [4.78, 5) is 30.4. The number of nitrogens with zero attached hydrogens (tertiary/aromatic N) is 4. The highest BCUT2D eigenvalue weighted by molar-refractivity contribution is 6.98. The van der Waals surface area contributed by atoms with Gasteiger partial charge in [0.15, 0.2) is 0 Å². The zero-order valence-electron chi connectivity index (χ0n) is 23.4. The molecule has 2 aromatic rings. The lowest BCUT2D eigenvalue weighted by Gasteiger charge is -2.47. The van der Waals surface area contributed by atoms with Crippen LogP contribution in [0.25, 0.3) is 10.4 Å². The number of unbranched alkanes of at least 4 members (excludes halogenated alkanes) is 1. The maximum atomic E-state index is 13.2. The van der Waals surface area contributed by atoms with Gasteiger partial charge in [0.25, 0.3) is 8.32 Å². The van der Waals surface area contributed by atoms with Crippen LogP contribution in [0.4, 0.5) is 4.79 Å². The highest BCUT2D eigenvalue weighted by atomic mass is 28.4. The van der Waals surface area contributed by atoms with Gasteiger partial charge in [-0.2, -0.15) is 0 Å². The molecule has 38 heavy (non-hydrogen) atoms. The van der Waals surface area contributed by atoms with Crippen LogP contribution in [0.1, 0.15) is 60.3 Å². The third kappa shape index (κ3) is 5.76. The molecule has 206 valence electrons. The Morgan fingerprint density at radius 3 is 2.18 bits per heavy atom. The van der Waals surface area contributed by atoms with Gasteiger partial charge in [-0.1, -0.05) is 86.5 Å². The fraction of sp³-hybridized carbons (Fsp3) is 0.552. The van der Waals surface area contributed by atoms with E-state index >= 15 is 0 Å². The van der Waals surface area contributed by atoms with E-state index in [1.165, 1.54) is 0 Å². The normalized spacial score (nSPS) is 21.5. The van der Waals surface area contributed by atoms with E-state index in [1.54, 1.807) is 4.90 Å². The number of carbonyl (C=O) groups is 1. The summed E-state index contributed by atoms with van der Waals surface area (Å²) in [5.41, 5.74) is 14.2. The van der Waals surface area contributed by atoms with Gasteiger partial charge in [-0.3, -0.25) is 4.90 Å². The van der Waals surface area contributed by atoms with Gasteiger partial charge < -0.3 is 15.3 Å². The molecule has 0 aromatic heterocycles. The number of azide groups is 1. The third-order valence-corrected chi connectivity index (χ3v) is 12.9. The molecule has 9 heteroatoms. The zero-order valence-corrected chi connectivity index (χ0v) is 24.4. The first kappa shape index (κ1) is 29.7. The molecule has 0 spiro atoms. The monoisotopic (exact) mass is 537 g/mol. The first-order valence-electron chi connectivity index (χ1n) is 13.6. The Labute approximate surface area is 227 Å². The van der Waals surface area contributed by atoms with Gasteiger partial charge in [0.05, 0.1) is 6.04 Å². The predicted molar refractivity (Wildman–Crippen MR) is 155 cm³/mol. The fourth-order valence-corrected chi connectivity index (χ4v) is 10.2. The number of benzene rings is 2. The molecule has 0 radical (unpaired) electrons. The second kappa shape index (κ2) is 12.3. The molecule has 0 bridgehead atoms. The van der Waals surface area contributed by atoms with Gasteiger partial charge in [-0.15, -0.1) is 0 Å². The largest absolute Gasteiger partial charge is 0.441 e. The van der Waals surface area contributed by atoms with E-state index in [-0.39, 0.29) is 24.1 Å². The summed E-state index contributed by atoms with van der Waals surface area (Å²) in [6, 6.07) is 19.4. The molecular weight excluding hydrogens is 494 g/mol. The highest BCUT2D eigenvalue weighted by Crippen LogP contribution is 2.49. The SMILES string of the molecule is CC[C@@H](CC(C)(C)[Si](O)(c1ccccc1)c1ccccc1)[C@@]1(C)OC(=O)N(CCCCN=[N+]=[N-])[C@@H]1[C@H](C)N. The Balaban J connectivity index is 1.96. The molecule has 2 aromatic carbocycles. The van der Waals surface area contributed by atoms with Crippen molar-refractivity contribution < 1.29 is 14.3 Å². The zero-order chi connectivity index (χ0) is 28.0. The first-order chi connectivity index (χ1) is 18.0. The van der Waals surface area contributed by atoms with Gasteiger partial charge in [-0.25, -0.2) is 4.79 Å². The van der Waals surface area contributed by atoms with E-state index in [1.807, 2.05) is 74.5 Å². The molecular formula is C29H43N5O3Si. The van der Waals surface area contributed by atoms with E-state index in [9.17, 15) is 9.59 Å². The molecule has 0 aliphatic carbocycles. The maximum absolute atomic E-state index is 13.2. The summed E-state index contributed by atoms with van der Waals surface area (Å²) in [7, 11) is -3.23. The van der Waals surface area contributed by atoms with Gasteiger partial charge in [-0.05, 0) is 60.5 Å². The van der Waals surface area contributed by atoms with Crippen LogP contribution in [0.3, 0.4) is 0 Å². The number of amides is 1. The minimum Gasteiger partial charge on any atom is -0.441 e. The molecule has 1 fully saturated rings. The fourth-order valence-electron chi connectivity index (χ4n) is 6.42. The number of nitrogens with two attached hydrogens (primary N) is 1. The summed E-state index contributed by atoms with van der Waals surface area (Å²) in [6.45, 7) is 11.2. The molecule has 0 saturated carbocycles. The number of carbonyl (C=O) groups excluding carboxylic acids is 1. The Morgan fingerprint density at radius 2 is 1.71 bits per heavy atom. The molecule has 1 aliphatic rings.